The molecule has 0 N–H and O–H groups in total. The Morgan fingerprint density at radius 1 is 1.47 bits per heavy atom. The number of esters is 1. The molecular formula is C11H12F3NO3S. The number of alkyl halides is 3. The molecule has 1 rings (SSSR count). The highest BCUT2D eigenvalue weighted by molar-refractivity contribution is 7.13. The van der Waals surface area contributed by atoms with E-state index < -0.39 is 17.2 Å². The topological polar surface area (TPSA) is 48.4 Å². The summed E-state index contributed by atoms with van der Waals surface area (Å²) in [6.45, 7) is 1.87. The minimum Gasteiger partial charge on any atom is -0.462 e. The van der Waals surface area contributed by atoms with Gasteiger partial charge in [-0.15, -0.1) is 11.3 Å². The molecule has 0 amide bonds. The summed E-state index contributed by atoms with van der Waals surface area (Å²) < 4.78 is 47.1. The van der Waals surface area contributed by atoms with Crippen LogP contribution in [0.1, 0.15) is 27.3 Å². The van der Waals surface area contributed by atoms with Crippen molar-refractivity contribution in [1.29, 1.82) is 0 Å². The van der Waals surface area contributed by atoms with E-state index in [1.54, 1.807) is 6.92 Å². The molecule has 106 valence electrons. The zero-order valence-corrected chi connectivity index (χ0v) is 11.1. The van der Waals surface area contributed by atoms with Gasteiger partial charge < -0.3 is 9.47 Å². The summed E-state index contributed by atoms with van der Waals surface area (Å²) in [5.74, 6) is -0.812. The second kappa shape index (κ2) is 6.67. The summed E-state index contributed by atoms with van der Waals surface area (Å²) in [4.78, 5) is 14.8. The van der Waals surface area contributed by atoms with Crippen molar-refractivity contribution >= 4 is 23.4 Å². The number of aromatic nitrogens is 1. The first-order valence-corrected chi connectivity index (χ1v) is 6.12. The predicted molar refractivity (Wildman–Crippen MR) is 64.0 cm³/mol. The van der Waals surface area contributed by atoms with Gasteiger partial charge in [0, 0.05) is 7.11 Å². The first kappa shape index (κ1) is 15.6. The lowest BCUT2D eigenvalue weighted by Crippen LogP contribution is -2.03. The fraction of sp³-hybridized carbons (Fsp3) is 0.455. The normalized spacial score (nSPS) is 12.1. The average Bonchev–Trinajstić information content (AvgIpc) is 2.74. The molecule has 4 nitrogen and oxygen atoms in total. The highest BCUT2D eigenvalue weighted by Gasteiger charge is 2.37. The summed E-state index contributed by atoms with van der Waals surface area (Å²) >= 11 is 0.270. The Labute approximate surface area is 111 Å². The second-order valence-electron chi connectivity index (χ2n) is 3.31. The van der Waals surface area contributed by atoms with Crippen LogP contribution in [0.4, 0.5) is 13.2 Å². The number of carbonyl (C=O) groups is 1. The van der Waals surface area contributed by atoms with Crippen molar-refractivity contribution in [2.75, 3.05) is 20.3 Å². The standard InChI is InChI=1S/C11H12F3NO3S/c1-3-18-9(16)8-7(5-4-6-17-2)15-10(19-8)11(12,13)14/h4-5H,3,6H2,1-2H3/b5-4+. The van der Waals surface area contributed by atoms with Crippen molar-refractivity contribution in [3.8, 4) is 0 Å². The highest BCUT2D eigenvalue weighted by atomic mass is 32.1. The number of hydrogen-bond acceptors (Lipinski definition) is 5. The van der Waals surface area contributed by atoms with Crippen LogP contribution in [-0.2, 0) is 15.7 Å². The Bertz CT molecular complexity index is 468. The van der Waals surface area contributed by atoms with Crippen LogP contribution >= 0.6 is 11.3 Å². The zero-order valence-electron chi connectivity index (χ0n) is 10.3. The Morgan fingerprint density at radius 3 is 2.68 bits per heavy atom. The van der Waals surface area contributed by atoms with Gasteiger partial charge in [-0.05, 0) is 13.0 Å². The maximum Gasteiger partial charge on any atom is 0.443 e. The third kappa shape index (κ3) is 4.32. The van der Waals surface area contributed by atoms with Crippen molar-refractivity contribution in [1.82, 2.24) is 4.98 Å². The van der Waals surface area contributed by atoms with Crippen molar-refractivity contribution < 1.29 is 27.4 Å². The van der Waals surface area contributed by atoms with Crippen LogP contribution in [-0.4, -0.2) is 31.3 Å². The molecule has 8 heteroatoms. The number of methoxy groups -OCH3 is 1. The fourth-order valence-electron chi connectivity index (χ4n) is 1.17. The summed E-state index contributed by atoms with van der Waals surface area (Å²) in [5, 5.41) is -1.08. The molecule has 0 aromatic carbocycles. The summed E-state index contributed by atoms with van der Waals surface area (Å²) in [6, 6.07) is 0. The van der Waals surface area contributed by atoms with E-state index in [-0.39, 0.29) is 35.1 Å². The van der Waals surface area contributed by atoms with E-state index in [0.717, 1.165) is 0 Å². The highest BCUT2D eigenvalue weighted by Crippen LogP contribution is 2.34. The van der Waals surface area contributed by atoms with E-state index in [0.29, 0.717) is 0 Å². The van der Waals surface area contributed by atoms with Gasteiger partial charge in [0.15, 0.2) is 5.01 Å². The van der Waals surface area contributed by atoms with Crippen LogP contribution in [0.5, 0.6) is 0 Å². The molecule has 0 aliphatic rings. The Morgan fingerprint density at radius 2 is 2.16 bits per heavy atom. The summed E-state index contributed by atoms with van der Waals surface area (Å²) in [7, 11) is 1.44. The monoisotopic (exact) mass is 295 g/mol. The smallest absolute Gasteiger partial charge is 0.443 e. The SMILES string of the molecule is CCOC(=O)c1sc(C(F)(F)F)nc1/C=C/COC. The van der Waals surface area contributed by atoms with Crippen molar-refractivity contribution in [2.45, 2.75) is 13.1 Å². The zero-order chi connectivity index (χ0) is 14.5. The van der Waals surface area contributed by atoms with E-state index in [2.05, 4.69) is 4.98 Å². The van der Waals surface area contributed by atoms with Crippen molar-refractivity contribution in [2.24, 2.45) is 0 Å². The number of halogens is 3. The number of thiazole rings is 1. The van der Waals surface area contributed by atoms with Crippen LogP contribution in [0.2, 0.25) is 0 Å². The van der Waals surface area contributed by atoms with Gasteiger partial charge in [-0.2, -0.15) is 13.2 Å². The van der Waals surface area contributed by atoms with E-state index in [9.17, 15) is 18.0 Å². The third-order valence-corrected chi connectivity index (χ3v) is 2.99. The molecule has 0 aliphatic heterocycles. The third-order valence-electron chi connectivity index (χ3n) is 1.90. The number of nitrogens with zero attached hydrogens (tertiary/aromatic N) is 1. The minimum atomic E-state index is -4.58. The average molecular weight is 295 g/mol. The van der Waals surface area contributed by atoms with E-state index in [1.807, 2.05) is 0 Å². The Kier molecular flexibility index (Phi) is 5.49. The van der Waals surface area contributed by atoms with Gasteiger partial charge in [0.2, 0.25) is 0 Å². The number of hydrogen-bond donors (Lipinski definition) is 0. The molecule has 0 radical (unpaired) electrons. The van der Waals surface area contributed by atoms with Crippen LogP contribution in [0, 0.1) is 0 Å². The van der Waals surface area contributed by atoms with Gasteiger partial charge in [-0.3, -0.25) is 0 Å². The summed E-state index contributed by atoms with van der Waals surface area (Å²) in [5.41, 5.74) is -0.0622. The van der Waals surface area contributed by atoms with Crippen molar-refractivity contribution in [3.63, 3.8) is 0 Å². The molecule has 0 aliphatic carbocycles. The van der Waals surface area contributed by atoms with Gasteiger partial charge in [0.25, 0.3) is 0 Å². The molecule has 0 atom stereocenters. The number of rotatable bonds is 5. The van der Waals surface area contributed by atoms with Crippen LogP contribution in [0.25, 0.3) is 6.08 Å². The lowest BCUT2D eigenvalue weighted by Gasteiger charge is -1.99. The molecule has 0 saturated carbocycles. The van der Waals surface area contributed by atoms with Crippen LogP contribution in [0.3, 0.4) is 0 Å². The molecule has 0 saturated heterocycles. The fourth-order valence-corrected chi connectivity index (χ4v) is 1.98. The first-order valence-electron chi connectivity index (χ1n) is 5.30. The molecule has 0 spiro atoms. The minimum absolute atomic E-state index is 0.0622. The van der Waals surface area contributed by atoms with E-state index in [4.69, 9.17) is 9.47 Å². The molecule has 1 aromatic heterocycles. The maximum absolute atomic E-state index is 12.6. The molecule has 1 aromatic rings. The largest absolute Gasteiger partial charge is 0.462 e. The van der Waals surface area contributed by atoms with Gasteiger partial charge in [-0.25, -0.2) is 9.78 Å². The Hall–Kier alpha value is -1.41. The summed E-state index contributed by atoms with van der Waals surface area (Å²) in [6.07, 6.45) is -1.81. The molecule has 0 bridgehead atoms. The Balaban J connectivity index is 3.11. The predicted octanol–water partition coefficient (Wildman–Crippen LogP) is 3.00. The lowest BCUT2D eigenvalue weighted by atomic mass is 10.3. The van der Waals surface area contributed by atoms with Crippen LogP contribution in [0.15, 0.2) is 6.08 Å². The molecule has 0 unspecified atom stereocenters. The van der Waals surface area contributed by atoms with Crippen LogP contribution < -0.4 is 0 Å². The second-order valence-corrected chi connectivity index (χ2v) is 4.31. The van der Waals surface area contributed by atoms with E-state index >= 15 is 0 Å². The van der Waals surface area contributed by atoms with Gasteiger partial charge in [0.1, 0.15) is 4.88 Å². The number of carbonyl (C=O) groups excluding carboxylic acids is 1. The quantitative estimate of drug-likeness (QED) is 0.784. The first-order chi connectivity index (χ1) is 8.90. The lowest BCUT2D eigenvalue weighted by molar-refractivity contribution is -0.137. The van der Waals surface area contributed by atoms with E-state index in [1.165, 1.54) is 19.3 Å². The maximum atomic E-state index is 12.6. The van der Waals surface area contributed by atoms with Gasteiger partial charge in [-0.1, -0.05) is 6.08 Å². The molecular weight excluding hydrogens is 283 g/mol. The van der Waals surface area contributed by atoms with Gasteiger partial charge >= 0.3 is 12.1 Å². The molecule has 19 heavy (non-hydrogen) atoms. The number of ether oxygens (including phenoxy) is 2. The van der Waals surface area contributed by atoms with Gasteiger partial charge in [0.05, 0.1) is 18.9 Å². The molecule has 1 heterocycles. The van der Waals surface area contributed by atoms with Crippen molar-refractivity contribution in [3.05, 3.63) is 21.7 Å². The molecule has 0 fully saturated rings.